The van der Waals surface area contributed by atoms with E-state index in [2.05, 4.69) is 25.7 Å². The van der Waals surface area contributed by atoms with Crippen molar-refractivity contribution in [2.45, 2.75) is 53.0 Å². The summed E-state index contributed by atoms with van der Waals surface area (Å²) >= 11 is 0. The fraction of sp³-hybridized carbons (Fsp3) is 0.923. The zero-order valence-corrected chi connectivity index (χ0v) is 10.4. The third-order valence-electron chi connectivity index (χ3n) is 4.69. The number of carbonyl (C=O) groups excluding carboxylic acids is 1. The van der Waals surface area contributed by atoms with Crippen molar-refractivity contribution in [2.24, 2.45) is 17.3 Å². The molecule has 1 heterocycles. The van der Waals surface area contributed by atoms with Crippen molar-refractivity contribution in [3.05, 3.63) is 0 Å². The molecule has 0 radical (unpaired) electrons. The largest absolute Gasteiger partial charge is 0.340 e. The van der Waals surface area contributed by atoms with E-state index in [1.54, 1.807) is 6.92 Å². The van der Waals surface area contributed by atoms with Gasteiger partial charge in [0.25, 0.3) is 0 Å². The average molecular weight is 209 g/mol. The van der Waals surface area contributed by atoms with Gasteiger partial charge < -0.3 is 4.90 Å². The highest BCUT2D eigenvalue weighted by molar-refractivity contribution is 5.74. The molecule has 0 N–H and O–H groups in total. The Morgan fingerprint density at radius 2 is 2.00 bits per heavy atom. The first-order chi connectivity index (χ1) is 6.90. The highest BCUT2D eigenvalue weighted by atomic mass is 16.2. The molecule has 3 unspecified atom stereocenters. The van der Waals surface area contributed by atoms with Crippen LogP contribution < -0.4 is 0 Å². The molecule has 1 aliphatic heterocycles. The summed E-state index contributed by atoms with van der Waals surface area (Å²) in [5, 5.41) is 0. The van der Waals surface area contributed by atoms with E-state index in [0.29, 0.717) is 11.5 Å². The SMILES string of the molecule is CC(=O)N1CC2CC1CC(C)(C)C(C)C2. The van der Waals surface area contributed by atoms with E-state index in [9.17, 15) is 4.79 Å². The van der Waals surface area contributed by atoms with Crippen LogP contribution in [0.15, 0.2) is 0 Å². The number of fused-ring (bicyclic) bond motifs is 2. The summed E-state index contributed by atoms with van der Waals surface area (Å²) in [4.78, 5) is 13.6. The first-order valence-electron chi connectivity index (χ1n) is 6.17. The summed E-state index contributed by atoms with van der Waals surface area (Å²) in [5.74, 6) is 1.82. The lowest BCUT2D eigenvalue weighted by Gasteiger charge is -2.37. The Kier molecular flexibility index (Phi) is 2.56. The van der Waals surface area contributed by atoms with Gasteiger partial charge in [0.05, 0.1) is 0 Å². The number of likely N-dealkylation sites (tertiary alicyclic amines) is 1. The lowest BCUT2D eigenvalue weighted by molar-refractivity contribution is -0.130. The Labute approximate surface area is 93.0 Å². The standard InChI is InChI=1S/C13H23NO/c1-9-5-11-6-12(7-13(9,3)4)14(8-11)10(2)15/h9,11-12H,5-8H2,1-4H3. The molecule has 2 aliphatic rings. The summed E-state index contributed by atoms with van der Waals surface area (Å²) in [6, 6.07) is 0.521. The number of amides is 1. The number of nitrogens with zero attached hydrogens (tertiary/aromatic N) is 1. The molecule has 2 nitrogen and oxygen atoms in total. The second kappa shape index (κ2) is 3.50. The summed E-state index contributed by atoms with van der Waals surface area (Å²) < 4.78 is 0. The van der Waals surface area contributed by atoms with E-state index >= 15 is 0 Å². The highest BCUT2D eigenvalue weighted by Gasteiger charge is 2.43. The average Bonchev–Trinajstić information content (AvgIpc) is 2.41. The van der Waals surface area contributed by atoms with Crippen molar-refractivity contribution in [3.8, 4) is 0 Å². The van der Waals surface area contributed by atoms with Gasteiger partial charge in [0.1, 0.15) is 0 Å². The second-order valence-electron chi connectivity index (χ2n) is 6.26. The van der Waals surface area contributed by atoms with E-state index in [-0.39, 0.29) is 5.91 Å². The molecule has 3 atom stereocenters. The summed E-state index contributed by atoms with van der Waals surface area (Å²) in [6.07, 6.45) is 3.73. The molecule has 1 amide bonds. The minimum atomic E-state index is 0.271. The fourth-order valence-corrected chi connectivity index (χ4v) is 3.39. The molecule has 15 heavy (non-hydrogen) atoms. The Morgan fingerprint density at radius 1 is 1.33 bits per heavy atom. The lowest BCUT2D eigenvalue weighted by atomic mass is 9.74. The van der Waals surface area contributed by atoms with Gasteiger partial charge in [-0.2, -0.15) is 0 Å². The van der Waals surface area contributed by atoms with Crippen molar-refractivity contribution >= 4 is 5.91 Å². The van der Waals surface area contributed by atoms with E-state index in [4.69, 9.17) is 0 Å². The molecule has 0 spiro atoms. The quantitative estimate of drug-likeness (QED) is 0.600. The van der Waals surface area contributed by atoms with Crippen LogP contribution in [0.3, 0.4) is 0 Å². The van der Waals surface area contributed by atoms with E-state index in [1.165, 1.54) is 19.3 Å². The topological polar surface area (TPSA) is 20.3 Å². The van der Waals surface area contributed by atoms with Crippen LogP contribution in [0.25, 0.3) is 0 Å². The van der Waals surface area contributed by atoms with Crippen molar-refractivity contribution < 1.29 is 4.79 Å². The van der Waals surface area contributed by atoms with Crippen LogP contribution in [0.1, 0.15) is 47.0 Å². The molecule has 1 saturated heterocycles. The Balaban J connectivity index is 2.18. The van der Waals surface area contributed by atoms with Gasteiger partial charge in [-0.3, -0.25) is 4.79 Å². The Hall–Kier alpha value is -0.530. The monoisotopic (exact) mass is 209 g/mol. The van der Waals surface area contributed by atoms with Crippen LogP contribution in [0.2, 0.25) is 0 Å². The predicted molar refractivity (Wildman–Crippen MR) is 61.5 cm³/mol. The molecule has 1 aliphatic carbocycles. The number of rotatable bonds is 0. The second-order valence-corrected chi connectivity index (χ2v) is 6.26. The maximum absolute atomic E-state index is 11.5. The Bertz CT molecular complexity index is 272. The van der Waals surface area contributed by atoms with Crippen molar-refractivity contribution in [1.29, 1.82) is 0 Å². The van der Waals surface area contributed by atoms with Crippen molar-refractivity contribution in [3.63, 3.8) is 0 Å². The summed E-state index contributed by atoms with van der Waals surface area (Å²) in [7, 11) is 0. The van der Waals surface area contributed by atoms with E-state index in [0.717, 1.165) is 18.4 Å². The van der Waals surface area contributed by atoms with Crippen molar-refractivity contribution in [2.75, 3.05) is 6.54 Å². The molecule has 2 bridgehead atoms. The predicted octanol–water partition coefficient (Wildman–Crippen LogP) is 2.68. The maximum atomic E-state index is 11.5. The third-order valence-corrected chi connectivity index (χ3v) is 4.69. The Morgan fingerprint density at radius 3 is 2.60 bits per heavy atom. The van der Waals surface area contributed by atoms with Crippen LogP contribution in [-0.2, 0) is 4.79 Å². The molecule has 2 fully saturated rings. The molecule has 86 valence electrons. The van der Waals surface area contributed by atoms with E-state index in [1.807, 2.05) is 0 Å². The molecule has 2 heteroatoms. The highest BCUT2D eigenvalue weighted by Crippen LogP contribution is 2.45. The first-order valence-corrected chi connectivity index (χ1v) is 6.17. The van der Waals surface area contributed by atoms with Gasteiger partial charge in [0.2, 0.25) is 5.91 Å². The number of hydrogen-bond donors (Lipinski definition) is 0. The van der Waals surface area contributed by atoms with Crippen LogP contribution in [0.5, 0.6) is 0 Å². The smallest absolute Gasteiger partial charge is 0.219 e. The van der Waals surface area contributed by atoms with Crippen LogP contribution in [-0.4, -0.2) is 23.4 Å². The minimum Gasteiger partial charge on any atom is -0.340 e. The minimum absolute atomic E-state index is 0.271. The zero-order valence-electron chi connectivity index (χ0n) is 10.4. The molecule has 2 rings (SSSR count). The van der Waals surface area contributed by atoms with Gasteiger partial charge in [-0.15, -0.1) is 0 Å². The fourth-order valence-electron chi connectivity index (χ4n) is 3.39. The molecule has 0 aromatic heterocycles. The molecule has 0 aromatic carbocycles. The van der Waals surface area contributed by atoms with Gasteiger partial charge in [-0.25, -0.2) is 0 Å². The van der Waals surface area contributed by atoms with E-state index < -0.39 is 0 Å². The van der Waals surface area contributed by atoms with Crippen molar-refractivity contribution in [1.82, 2.24) is 4.90 Å². The van der Waals surface area contributed by atoms with Gasteiger partial charge >= 0.3 is 0 Å². The van der Waals surface area contributed by atoms with Crippen LogP contribution >= 0.6 is 0 Å². The van der Waals surface area contributed by atoms with Gasteiger partial charge in [-0.05, 0) is 36.5 Å². The summed E-state index contributed by atoms with van der Waals surface area (Å²) in [6.45, 7) is 9.82. The van der Waals surface area contributed by atoms with Crippen LogP contribution in [0.4, 0.5) is 0 Å². The third kappa shape index (κ3) is 1.91. The zero-order chi connectivity index (χ0) is 11.2. The van der Waals surface area contributed by atoms with Gasteiger partial charge in [0.15, 0.2) is 0 Å². The first kappa shape index (κ1) is 11.0. The molecule has 1 saturated carbocycles. The summed E-state index contributed by atoms with van der Waals surface area (Å²) in [5.41, 5.74) is 0.396. The normalized spacial score (nSPS) is 38.9. The van der Waals surface area contributed by atoms with Gasteiger partial charge in [0, 0.05) is 19.5 Å². The lowest BCUT2D eigenvalue weighted by Crippen LogP contribution is -2.39. The number of hydrogen-bond acceptors (Lipinski definition) is 1. The van der Waals surface area contributed by atoms with Crippen LogP contribution in [0, 0.1) is 17.3 Å². The molecular formula is C13H23NO. The molecular weight excluding hydrogens is 186 g/mol. The number of carbonyl (C=O) groups is 1. The molecule has 0 aromatic rings. The van der Waals surface area contributed by atoms with Gasteiger partial charge in [-0.1, -0.05) is 20.8 Å². The maximum Gasteiger partial charge on any atom is 0.219 e.